The highest BCUT2D eigenvalue weighted by atomic mass is 16.5. The molecule has 1 unspecified atom stereocenters. The van der Waals surface area contributed by atoms with Gasteiger partial charge in [-0.25, -0.2) is 0 Å². The molecule has 19 heavy (non-hydrogen) atoms. The van der Waals surface area contributed by atoms with Crippen molar-refractivity contribution in [3.8, 4) is 5.75 Å². The standard InChI is InChI=1S/C13H14N2O4/c1-9(13(16)17)7-11-14-15-12(19-11)8-18-10-5-3-2-4-6-10/h2-6,9H,7-8H2,1H3,(H,16,17). The molecule has 0 aliphatic carbocycles. The number of aromatic nitrogens is 2. The summed E-state index contributed by atoms with van der Waals surface area (Å²) in [4.78, 5) is 10.7. The summed E-state index contributed by atoms with van der Waals surface area (Å²) in [6.45, 7) is 1.76. The van der Waals surface area contributed by atoms with Gasteiger partial charge in [-0.3, -0.25) is 4.79 Å². The van der Waals surface area contributed by atoms with E-state index in [1.807, 2.05) is 30.3 Å². The van der Waals surface area contributed by atoms with Crippen molar-refractivity contribution in [2.24, 2.45) is 5.92 Å². The van der Waals surface area contributed by atoms with Crippen molar-refractivity contribution in [1.29, 1.82) is 0 Å². The molecule has 0 aliphatic heterocycles. The summed E-state index contributed by atoms with van der Waals surface area (Å²) in [6.07, 6.45) is 0.216. The first-order chi connectivity index (χ1) is 9.15. The number of carbonyl (C=O) groups is 1. The minimum absolute atomic E-state index is 0.165. The molecule has 2 rings (SSSR count). The van der Waals surface area contributed by atoms with Crippen LogP contribution in [-0.4, -0.2) is 21.3 Å². The number of hydrogen-bond donors (Lipinski definition) is 1. The van der Waals surface area contributed by atoms with Crippen LogP contribution >= 0.6 is 0 Å². The zero-order valence-electron chi connectivity index (χ0n) is 10.4. The zero-order valence-corrected chi connectivity index (χ0v) is 10.4. The van der Waals surface area contributed by atoms with Gasteiger partial charge in [0.05, 0.1) is 5.92 Å². The number of benzene rings is 1. The van der Waals surface area contributed by atoms with E-state index in [9.17, 15) is 4.79 Å². The second-order valence-electron chi connectivity index (χ2n) is 4.13. The van der Waals surface area contributed by atoms with Crippen molar-refractivity contribution in [3.63, 3.8) is 0 Å². The molecule has 0 radical (unpaired) electrons. The summed E-state index contributed by atoms with van der Waals surface area (Å²) in [5.41, 5.74) is 0. The monoisotopic (exact) mass is 262 g/mol. The number of hydrogen-bond acceptors (Lipinski definition) is 5. The Hall–Kier alpha value is -2.37. The van der Waals surface area contributed by atoms with Gasteiger partial charge >= 0.3 is 5.97 Å². The molecule has 0 fully saturated rings. The predicted molar refractivity (Wildman–Crippen MR) is 65.6 cm³/mol. The lowest BCUT2D eigenvalue weighted by molar-refractivity contribution is -0.141. The molecule has 0 spiro atoms. The van der Waals surface area contributed by atoms with E-state index >= 15 is 0 Å². The van der Waals surface area contributed by atoms with Gasteiger partial charge in [0.15, 0.2) is 6.61 Å². The van der Waals surface area contributed by atoms with E-state index in [-0.39, 0.29) is 13.0 Å². The van der Waals surface area contributed by atoms with Crippen LogP contribution in [0.4, 0.5) is 0 Å². The number of carboxylic acid groups (broad SMARTS) is 1. The third-order valence-corrected chi connectivity index (χ3v) is 2.52. The molecule has 1 heterocycles. The van der Waals surface area contributed by atoms with Gasteiger partial charge in [0.25, 0.3) is 5.89 Å². The Balaban J connectivity index is 1.89. The number of aliphatic carboxylic acids is 1. The average molecular weight is 262 g/mol. The number of para-hydroxylation sites is 1. The van der Waals surface area contributed by atoms with E-state index in [1.54, 1.807) is 6.92 Å². The van der Waals surface area contributed by atoms with Crippen LogP contribution in [0, 0.1) is 5.92 Å². The van der Waals surface area contributed by atoms with Gasteiger partial charge in [0.2, 0.25) is 5.89 Å². The highest BCUT2D eigenvalue weighted by Gasteiger charge is 2.16. The summed E-state index contributed by atoms with van der Waals surface area (Å²) in [5, 5.41) is 16.4. The van der Waals surface area contributed by atoms with E-state index in [0.717, 1.165) is 0 Å². The first kappa shape index (κ1) is 13.1. The molecule has 100 valence electrons. The largest absolute Gasteiger partial charge is 0.484 e. The molecule has 2 aromatic rings. The van der Waals surface area contributed by atoms with Gasteiger partial charge in [0.1, 0.15) is 5.75 Å². The predicted octanol–water partition coefficient (Wildman–Crippen LogP) is 1.91. The highest BCUT2D eigenvalue weighted by Crippen LogP contribution is 2.12. The molecular formula is C13H14N2O4. The molecule has 0 amide bonds. The molecule has 0 saturated carbocycles. The molecule has 6 nitrogen and oxygen atoms in total. The van der Waals surface area contributed by atoms with Gasteiger partial charge < -0.3 is 14.3 Å². The molecule has 6 heteroatoms. The van der Waals surface area contributed by atoms with Crippen LogP contribution in [-0.2, 0) is 17.8 Å². The third kappa shape index (κ3) is 3.80. The molecule has 1 N–H and O–H groups in total. The topological polar surface area (TPSA) is 85.5 Å². The Bertz CT molecular complexity index is 539. The van der Waals surface area contributed by atoms with Crippen molar-refractivity contribution in [1.82, 2.24) is 10.2 Å². The van der Waals surface area contributed by atoms with Crippen LogP contribution in [0.25, 0.3) is 0 Å². The summed E-state index contributed by atoms with van der Waals surface area (Å²) in [7, 11) is 0. The zero-order chi connectivity index (χ0) is 13.7. The highest BCUT2D eigenvalue weighted by molar-refractivity contribution is 5.69. The van der Waals surface area contributed by atoms with E-state index in [4.69, 9.17) is 14.3 Å². The first-order valence-electron chi connectivity index (χ1n) is 5.87. The molecule has 0 bridgehead atoms. The Morgan fingerprint density at radius 3 is 2.68 bits per heavy atom. The summed E-state index contributed by atoms with van der Waals surface area (Å²) in [5.74, 6) is -0.0946. The maximum atomic E-state index is 10.7. The van der Waals surface area contributed by atoms with Gasteiger partial charge in [0, 0.05) is 6.42 Å². The number of carboxylic acids is 1. The number of rotatable bonds is 6. The lowest BCUT2D eigenvalue weighted by Gasteiger charge is -2.02. The molecular weight excluding hydrogens is 248 g/mol. The van der Waals surface area contributed by atoms with Crippen molar-refractivity contribution >= 4 is 5.97 Å². The lowest BCUT2D eigenvalue weighted by Crippen LogP contribution is -2.12. The SMILES string of the molecule is CC(Cc1nnc(COc2ccccc2)o1)C(=O)O. The average Bonchev–Trinajstić information content (AvgIpc) is 2.85. The van der Waals surface area contributed by atoms with E-state index < -0.39 is 11.9 Å². The maximum Gasteiger partial charge on any atom is 0.306 e. The van der Waals surface area contributed by atoms with E-state index in [1.165, 1.54) is 0 Å². The third-order valence-electron chi connectivity index (χ3n) is 2.52. The minimum Gasteiger partial charge on any atom is -0.484 e. The Labute approximate surface area is 110 Å². The molecule has 0 saturated heterocycles. The number of nitrogens with zero attached hydrogens (tertiary/aromatic N) is 2. The van der Waals surface area contributed by atoms with Crippen LogP contribution in [0.5, 0.6) is 5.75 Å². The Kier molecular flexibility index (Phi) is 4.12. The van der Waals surface area contributed by atoms with Crippen molar-refractivity contribution in [2.75, 3.05) is 0 Å². The molecule has 0 aliphatic rings. The van der Waals surface area contributed by atoms with Crippen LogP contribution < -0.4 is 4.74 Å². The van der Waals surface area contributed by atoms with Gasteiger partial charge in [-0.1, -0.05) is 25.1 Å². The molecule has 1 aromatic heterocycles. The summed E-state index contributed by atoms with van der Waals surface area (Å²) >= 11 is 0. The van der Waals surface area contributed by atoms with Crippen LogP contribution in [0.3, 0.4) is 0 Å². The van der Waals surface area contributed by atoms with Gasteiger partial charge in [-0.15, -0.1) is 10.2 Å². The smallest absolute Gasteiger partial charge is 0.306 e. The first-order valence-corrected chi connectivity index (χ1v) is 5.87. The Morgan fingerprint density at radius 2 is 2.00 bits per heavy atom. The second-order valence-corrected chi connectivity index (χ2v) is 4.13. The number of ether oxygens (including phenoxy) is 1. The summed E-state index contributed by atoms with van der Waals surface area (Å²) < 4.78 is 10.8. The Morgan fingerprint density at radius 1 is 1.32 bits per heavy atom. The minimum atomic E-state index is -0.889. The van der Waals surface area contributed by atoms with E-state index in [0.29, 0.717) is 17.5 Å². The summed E-state index contributed by atoms with van der Waals surface area (Å²) in [6, 6.07) is 9.27. The molecule has 1 aromatic carbocycles. The normalized spacial score (nSPS) is 12.1. The second kappa shape index (κ2) is 5.99. The fourth-order valence-corrected chi connectivity index (χ4v) is 1.44. The van der Waals surface area contributed by atoms with Gasteiger partial charge in [-0.2, -0.15) is 0 Å². The molecule has 1 atom stereocenters. The quantitative estimate of drug-likeness (QED) is 0.855. The maximum absolute atomic E-state index is 10.7. The van der Waals surface area contributed by atoms with Crippen molar-refractivity contribution < 1.29 is 19.1 Å². The van der Waals surface area contributed by atoms with Crippen LogP contribution in [0.2, 0.25) is 0 Å². The van der Waals surface area contributed by atoms with Gasteiger partial charge in [-0.05, 0) is 12.1 Å². The van der Waals surface area contributed by atoms with E-state index in [2.05, 4.69) is 10.2 Å². The van der Waals surface area contributed by atoms with Crippen LogP contribution in [0.1, 0.15) is 18.7 Å². The van der Waals surface area contributed by atoms with Crippen molar-refractivity contribution in [2.45, 2.75) is 20.0 Å². The fourth-order valence-electron chi connectivity index (χ4n) is 1.44. The van der Waals surface area contributed by atoms with Crippen LogP contribution in [0.15, 0.2) is 34.7 Å². The van der Waals surface area contributed by atoms with Crippen molar-refractivity contribution in [3.05, 3.63) is 42.1 Å². The lowest BCUT2D eigenvalue weighted by atomic mass is 10.1. The fraction of sp³-hybridized carbons (Fsp3) is 0.308.